The van der Waals surface area contributed by atoms with E-state index in [9.17, 15) is 0 Å². The van der Waals surface area contributed by atoms with Gasteiger partial charge in [0.05, 0.1) is 0 Å². The lowest BCUT2D eigenvalue weighted by Gasteiger charge is -2.21. The molecule has 1 aliphatic carbocycles. The predicted molar refractivity (Wildman–Crippen MR) is 119 cm³/mol. The maximum atomic E-state index is 5.92. The van der Waals surface area contributed by atoms with Gasteiger partial charge in [0, 0.05) is 12.0 Å². The molecule has 3 aromatic rings. The highest BCUT2D eigenvalue weighted by Gasteiger charge is 2.31. The zero-order valence-electron chi connectivity index (χ0n) is 16.3. The summed E-state index contributed by atoms with van der Waals surface area (Å²) < 4.78 is 5.92. The summed E-state index contributed by atoms with van der Waals surface area (Å²) >= 11 is 0. The molecular weight excluding hydrogens is 366 g/mol. The molecule has 1 N–H and O–H groups in total. The Labute approximate surface area is 174 Å². The maximum Gasteiger partial charge on any atom is 0.119 e. The largest absolute Gasteiger partial charge is 0.489 e. The number of hydrogen-bond donors (Lipinski definition) is 1. The molecule has 0 spiro atoms. The minimum atomic E-state index is 0. The van der Waals surface area contributed by atoms with Crippen LogP contribution in [0.1, 0.15) is 35.1 Å². The SMILES string of the molecule is CCN[C@@H]1Cc2ccccc2[C@H]1Cc1ccc(OCc2ccccc2)cc1.Cl. The van der Waals surface area contributed by atoms with Gasteiger partial charge < -0.3 is 10.1 Å². The van der Waals surface area contributed by atoms with Crippen molar-refractivity contribution in [3.8, 4) is 5.75 Å². The average Bonchev–Trinajstić information content (AvgIpc) is 3.06. The van der Waals surface area contributed by atoms with Crippen LogP contribution in [0.25, 0.3) is 0 Å². The second-order valence-electron chi connectivity index (χ2n) is 7.30. The van der Waals surface area contributed by atoms with E-state index >= 15 is 0 Å². The molecule has 28 heavy (non-hydrogen) atoms. The first kappa shape index (κ1) is 20.4. The third-order valence-electron chi connectivity index (χ3n) is 5.47. The van der Waals surface area contributed by atoms with Gasteiger partial charge in [-0.2, -0.15) is 0 Å². The second-order valence-corrected chi connectivity index (χ2v) is 7.30. The number of fused-ring (bicyclic) bond motifs is 1. The molecule has 4 rings (SSSR count). The van der Waals surface area contributed by atoms with Gasteiger partial charge in [0.15, 0.2) is 0 Å². The number of ether oxygens (including phenoxy) is 1. The first-order valence-electron chi connectivity index (χ1n) is 9.90. The van der Waals surface area contributed by atoms with E-state index in [1.807, 2.05) is 18.2 Å². The van der Waals surface area contributed by atoms with Gasteiger partial charge in [-0.05, 0) is 53.8 Å². The van der Waals surface area contributed by atoms with Crippen molar-refractivity contribution in [2.45, 2.75) is 38.3 Å². The molecule has 0 fully saturated rings. The molecular formula is C25H28ClNO. The Morgan fingerprint density at radius 2 is 1.57 bits per heavy atom. The number of halogens is 1. The van der Waals surface area contributed by atoms with E-state index in [2.05, 4.69) is 72.9 Å². The van der Waals surface area contributed by atoms with Crippen LogP contribution >= 0.6 is 12.4 Å². The van der Waals surface area contributed by atoms with E-state index in [4.69, 9.17) is 4.74 Å². The molecule has 3 heteroatoms. The maximum absolute atomic E-state index is 5.92. The van der Waals surface area contributed by atoms with Crippen LogP contribution in [0.2, 0.25) is 0 Å². The zero-order valence-corrected chi connectivity index (χ0v) is 17.1. The average molecular weight is 394 g/mol. The van der Waals surface area contributed by atoms with Crippen LogP contribution in [0, 0.1) is 0 Å². The molecule has 146 valence electrons. The first-order valence-corrected chi connectivity index (χ1v) is 9.90. The van der Waals surface area contributed by atoms with Gasteiger partial charge in [-0.15, -0.1) is 12.4 Å². The molecule has 0 unspecified atom stereocenters. The third kappa shape index (κ3) is 4.76. The van der Waals surface area contributed by atoms with Crippen molar-refractivity contribution in [1.29, 1.82) is 0 Å². The fourth-order valence-electron chi connectivity index (χ4n) is 4.12. The Kier molecular flexibility index (Phi) is 7.13. The highest BCUT2D eigenvalue weighted by atomic mass is 35.5. The van der Waals surface area contributed by atoms with Crippen LogP contribution in [0.3, 0.4) is 0 Å². The number of hydrogen-bond acceptors (Lipinski definition) is 2. The molecule has 1 aliphatic rings. The quantitative estimate of drug-likeness (QED) is 0.568. The molecule has 0 amide bonds. The van der Waals surface area contributed by atoms with Crippen LogP contribution in [-0.4, -0.2) is 12.6 Å². The van der Waals surface area contributed by atoms with Gasteiger partial charge in [0.2, 0.25) is 0 Å². The minimum absolute atomic E-state index is 0. The lowest BCUT2D eigenvalue weighted by Crippen LogP contribution is -2.33. The predicted octanol–water partition coefficient (Wildman–Crippen LogP) is 5.55. The summed E-state index contributed by atoms with van der Waals surface area (Å²) in [4.78, 5) is 0. The van der Waals surface area contributed by atoms with Crippen LogP contribution in [0.4, 0.5) is 0 Å². The molecule has 0 aliphatic heterocycles. The summed E-state index contributed by atoms with van der Waals surface area (Å²) in [7, 11) is 0. The molecule has 2 atom stereocenters. The topological polar surface area (TPSA) is 21.3 Å². The van der Waals surface area contributed by atoms with Gasteiger partial charge in [-0.3, -0.25) is 0 Å². The molecule has 0 heterocycles. The molecule has 0 saturated heterocycles. The Bertz CT molecular complexity index is 863. The van der Waals surface area contributed by atoms with Gasteiger partial charge in [-0.25, -0.2) is 0 Å². The van der Waals surface area contributed by atoms with Crippen LogP contribution < -0.4 is 10.1 Å². The lowest BCUT2D eigenvalue weighted by molar-refractivity contribution is 0.306. The van der Waals surface area contributed by atoms with Gasteiger partial charge in [0.1, 0.15) is 12.4 Å². The molecule has 0 aromatic heterocycles. The second kappa shape index (κ2) is 9.77. The fourth-order valence-corrected chi connectivity index (χ4v) is 4.12. The van der Waals surface area contributed by atoms with E-state index < -0.39 is 0 Å². The molecule has 0 saturated carbocycles. The van der Waals surface area contributed by atoms with Crippen molar-refractivity contribution in [2.24, 2.45) is 0 Å². The summed E-state index contributed by atoms with van der Waals surface area (Å²) in [5, 5.41) is 3.69. The molecule has 0 radical (unpaired) electrons. The minimum Gasteiger partial charge on any atom is -0.489 e. The molecule has 3 aromatic carbocycles. The van der Waals surface area contributed by atoms with E-state index in [0.29, 0.717) is 18.6 Å². The van der Waals surface area contributed by atoms with Gasteiger partial charge in [0.25, 0.3) is 0 Å². The van der Waals surface area contributed by atoms with E-state index in [1.165, 1.54) is 22.3 Å². The van der Waals surface area contributed by atoms with Crippen LogP contribution in [0.15, 0.2) is 78.9 Å². The monoisotopic (exact) mass is 393 g/mol. The summed E-state index contributed by atoms with van der Waals surface area (Å²) in [6, 6.07) is 28.3. The van der Waals surface area contributed by atoms with Crippen molar-refractivity contribution < 1.29 is 4.74 Å². The van der Waals surface area contributed by atoms with E-state index in [-0.39, 0.29) is 12.4 Å². The number of benzene rings is 3. The molecule has 2 nitrogen and oxygen atoms in total. The highest BCUT2D eigenvalue weighted by Crippen LogP contribution is 2.36. The number of likely N-dealkylation sites (N-methyl/N-ethyl adjacent to an activating group) is 1. The Balaban J connectivity index is 0.00000225. The smallest absolute Gasteiger partial charge is 0.119 e. The fraction of sp³-hybridized carbons (Fsp3) is 0.280. The van der Waals surface area contributed by atoms with Crippen molar-refractivity contribution in [1.82, 2.24) is 5.32 Å². The lowest BCUT2D eigenvalue weighted by atomic mass is 9.91. The van der Waals surface area contributed by atoms with Gasteiger partial charge in [-0.1, -0.05) is 73.7 Å². The highest BCUT2D eigenvalue weighted by molar-refractivity contribution is 5.85. The Hall–Kier alpha value is -2.29. The van der Waals surface area contributed by atoms with Crippen molar-refractivity contribution in [3.05, 3.63) is 101 Å². The van der Waals surface area contributed by atoms with Crippen LogP contribution in [0.5, 0.6) is 5.75 Å². The summed E-state index contributed by atoms with van der Waals surface area (Å²) in [6.45, 7) is 3.82. The summed E-state index contributed by atoms with van der Waals surface area (Å²) in [5.41, 5.74) is 5.56. The third-order valence-corrected chi connectivity index (χ3v) is 5.47. The van der Waals surface area contributed by atoms with Crippen molar-refractivity contribution in [3.63, 3.8) is 0 Å². The first-order chi connectivity index (χ1) is 13.3. The number of rotatable bonds is 7. The Morgan fingerprint density at radius 3 is 2.32 bits per heavy atom. The summed E-state index contributed by atoms with van der Waals surface area (Å²) in [6.07, 6.45) is 2.20. The molecule has 0 bridgehead atoms. The van der Waals surface area contributed by atoms with E-state index in [1.54, 1.807) is 0 Å². The normalized spacial score (nSPS) is 17.6. The van der Waals surface area contributed by atoms with Crippen LogP contribution in [-0.2, 0) is 19.4 Å². The number of nitrogens with one attached hydrogen (secondary N) is 1. The standard InChI is InChI=1S/C25H27NO.ClH/c1-2-26-25-17-21-10-6-7-11-23(21)24(25)16-19-12-14-22(15-13-19)27-18-20-8-4-3-5-9-20;/h3-15,24-26H,2,16-18H2,1H3;1H/t24-,25-;/m1./s1. The van der Waals surface area contributed by atoms with E-state index in [0.717, 1.165) is 25.1 Å². The zero-order chi connectivity index (χ0) is 18.5. The van der Waals surface area contributed by atoms with Gasteiger partial charge >= 0.3 is 0 Å². The van der Waals surface area contributed by atoms with Crippen molar-refractivity contribution >= 4 is 12.4 Å². The van der Waals surface area contributed by atoms with Crippen molar-refractivity contribution in [2.75, 3.05) is 6.54 Å². The summed E-state index contributed by atoms with van der Waals surface area (Å²) in [5.74, 6) is 1.47. The Morgan fingerprint density at radius 1 is 0.857 bits per heavy atom.